The van der Waals surface area contributed by atoms with Gasteiger partial charge in [-0.1, -0.05) is 109 Å². The zero-order chi connectivity index (χ0) is 48.5. The molecule has 68 heavy (non-hydrogen) atoms. The standard InChI is InChI=1S/C53H39BF10N2O2/c1-30-23-32(3)65-48(30)47(49-31(2)24-33(4)66(49)54(67-28-50(55,56)52(59,60)61)68-29-51(57,58)53(62,63)64)40-21-22-43-44(27-40)46(39-20-18-35-12-6-8-14-37(35)26-39)42-16-10-9-15-41(42)45(43)38-19-17-34-11-5-7-13-36(34)25-38/h5-27H,28-29H2,1-4H3/b48-47-. The van der Waals surface area contributed by atoms with Gasteiger partial charge in [-0.25, -0.2) is 0 Å². The molecule has 0 fully saturated rings. The van der Waals surface area contributed by atoms with Gasteiger partial charge in [0.25, 0.3) is 0 Å². The molecule has 0 spiro atoms. The predicted octanol–water partition coefficient (Wildman–Crippen LogP) is 15.5. The van der Waals surface area contributed by atoms with E-state index in [1.165, 1.54) is 13.0 Å². The number of hydrogen-bond donors (Lipinski definition) is 0. The lowest BCUT2D eigenvalue weighted by Gasteiger charge is -2.27. The van der Waals surface area contributed by atoms with Gasteiger partial charge in [0.1, 0.15) is 13.2 Å². The lowest BCUT2D eigenvalue weighted by Crippen LogP contribution is -2.48. The molecule has 1 aliphatic rings. The topological polar surface area (TPSA) is 35.8 Å². The van der Waals surface area contributed by atoms with Crippen molar-refractivity contribution < 1.29 is 53.2 Å². The van der Waals surface area contributed by atoms with Gasteiger partial charge in [0, 0.05) is 22.7 Å². The molecule has 0 aliphatic carbocycles. The Morgan fingerprint density at radius 2 is 1.00 bits per heavy atom. The number of halogens is 10. The average molecular weight is 937 g/mol. The molecule has 0 saturated heterocycles. The maximum absolute atomic E-state index is 14.5. The molecule has 1 aliphatic heterocycles. The van der Waals surface area contributed by atoms with Crippen LogP contribution in [0.2, 0.25) is 0 Å². The van der Waals surface area contributed by atoms with Crippen LogP contribution in [0.15, 0.2) is 156 Å². The maximum atomic E-state index is 14.5. The molecule has 15 heteroatoms. The summed E-state index contributed by atoms with van der Waals surface area (Å²) in [7, 11) is -2.65. The van der Waals surface area contributed by atoms with Crippen molar-refractivity contribution in [2.75, 3.05) is 13.2 Å². The van der Waals surface area contributed by atoms with Crippen LogP contribution in [0.1, 0.15) is 36.4 Å². The Balaban J connectivity index is 1.34. The molecule has 2 heterocycles. The van der Waals surface area contributed by atoms with Crippen LogP contribution in [0.5, 0.6) is 0 Å². The molecule has 0 saturated carbocycles. The van der Waals surface area contributed by atoms with Crippen molar-refractivity contribution in [1.82, 2.24) is 4.48 Å². The van der Waals surface area contributed by atoms with Crippen molar-refractivity contribution in [2.24, 2.45) is 4.99 Å². The Hall–Kier alpha value is -6.71. The van der Waals surface area contributed by atoms with Gasteiger partial charge >= 0.3 is 31.5 Å². The summed E-state index contributed by atoms with van der Waals surface area (Å²) in [5, 5.41) is 7.43. The molecular weight excluding hydrogens is 897 g/mol. The Morgan fingerprint density at radius 3 is 1.49 bits per heavy atom. The maximum Gasteiger partial charge on any atom is 0.598 e. The van der Waals surface area contributed by atoms with E-state index in [0.717, 1.165) is 69.8 Å². The SMILES string of the molecule is CC1=CC(C)=N/C1=C(/c1ccc2c(-c3ccc4ccccc4c3)c3ccccc3c(-c3ccc4ccccc4c3)c2c1)c1c(C)cc(C)n1B(OCC(F)(F)C(F)(F)F)OCC(F)(F)C(F)(F)F. The van der Waals surface area contributed by atoms with Crippen LogP contribution in [-0.4, -0.2) is 54.9 Å². The summed E-state index contributed by atoms with van der Waals surface area (Å²) in [6, 6.07) is 43.3. The van der Waals surface area contributed by atoms with Crippen LogP contribution in [0.4, 0.5) is 43.9 Å². The molecule has 9 rings (SSSR count). The van der Waals surface area contributed by atoms with Crippen LogP contribution in [-0.2, 0) is 9.31 Å². The summed E-state index contributed by atoms with van der Waals surface area (Å²) < 4.78 is 150. The second-order valence-electron chi connectivity index (χ2n) is 17.0. The number of nitrogens with zero attached hydrogens (tertiary/aromatic N) is 2. The number of aryl methyl sites for hydroxylation is 2. The second-order valence-corrected chi connectivity index (χ2v) is 17.0. The monoisotopic (exact) mass is 936 g/mol. The highest BCUT2D eigenvalue weighted by atomic mass is 19.4. The minimum Gasteiger partial charge on any atom is -0.385 e. The van der Waals surface area contributed by atoms with Gasteiger partial charge in [0.2, 0.25) is 0 Å². The first-order valence-electron chi connectivity index (χ1n) is 21.4. The second kappa shape index (κ2) is 17.1. The highest BCUT2D eigenvalue weighted by Crippen LogP contribution is 2.47. The number of aromatic nitrogens is 1. The molecular formula is C53H39BF10N2O2. The number of aliphatic imine (C=N–C) groups is 1. The van der Waals surface area contributed by atoms with Crippen LogP contribution in [0.25, 0.3) is 70.9 Å². The third-order valence-electron chi connectivity index (χ3n) is 12.2. The zero-order valence-corrected chi connectivity index (χ0v) is 36.8. The van der Waals surface area contributed by atoms with E-state index < -0.39 is 44.7 Å². The fourth-order valence-electron chi connectivity index (χ4n) is 9.08. The van der Waals surface area contributed by atoms with E-state index in [4.69, 9.17) is 14.3 Å². The van der Waals surface area contributed by atoms with Crippen molar-refractivity contribution in [1.29, 1.82) is 0 Å². The molecule has 0 atom stereocenters. The van der Waals surface area contributed by atoms with E-state index >= 15 is 0 Å². The molecule has 0 N–H and O–H groups in total. The Bertz CT molecular complexity index is 3370. The summed E-state index contributed by atoms with van der Waals surface area (Å²) in [5.74, 6) is -11.1. The molecule has 8 aromatic rings. The summed E-state index contributed by atoms with van der Waals surface area (Å²) in [6.07, 6.45) is -10.6. The van der Waals surface area contributed by atoms with Crippen LogP contribution in [0, 0.1) is 13.8 Å². The average Bonchev–Trinajstić information content (AvgIpc) is 3.78. The van der Waals surface area contributed by atoms with Crippen LogP contribution >= 0.6 is 0 Å². The van der Waals surface area contributed by atoms with Gasteiger partial charge in [-0.3, -0.25) is 4.99 Å². The largest absolute Gasteiger partial charge is 0.598 e. The van der Waals surface area contributed by atoms with Crippen molar-refractivity contribution in [2.45, 2.75) is 51.9 Å². The minimum absolute atomic E-state index is 0.00139. The summed E-state index contributed by atoms with van der Waals surface area (Å²) in [6.45, 7) is 1.48. The van der Waals surface area contributed by atoms with Gasteiger partial charge in [0.05, 0.1) is 5.70 Å². The first-order chi connectivity index (χ1) is 32.1. The van der Waals surface area contributed by atoms with Gasteiger partial charge in [0.15, 0.2) is 0 Å². The third kappa shape index (κ3) is 8.36. The first kappa shape index (κ1) is 46.4. The molecule has 7 aromatic carbocycles. The lowest BCUT2D eigenvalue weighted by atomic mass is 9.83. The third-order valence-corrected chi connectivity index (χ3v) is 12.2. The summed E-state index contributed by atoms with van der Waals surface area (Å²) in [4.78, 5) is 4.82. The Kier molecular flexibility index (Phi) is 11.7. The van der Waals surface area contributed by atoms with E-state index in [-0.39, 0.29) is 17.0 Å². The lowest BCUT2D eigenvalue weighted by molar-refractivity contribution is -0.295. The number of allylic oxidation sites excluding steroid dienone is 2. The minimum atomic E-state index is -6.16. The molecule has 0 radical (unpaired) electrons. The Morgan fingerprint density at radius 1 is 0.529 bits per heavy atom. The van der Waals surface area contributed by atoms with Crippen molar-refractivity contribution in [3.8, 4) is 22.3 Å². The van der Waals surface area contributed by atoms with E-state index in [2.05, 4.69) is 24.3 Å². The quantitative estimate of drug-likeness (QED) is 0.0736. The number of benzene rings is 7. The highest BCUT2D eigenvalue weighted by molar-refractivity contribution is 6.43. The molecule has 4 nitrogen and oxygen atoms in total. The van der Waals surface area contributed by atoms with Crippen molar-refractivity contribution in [3.63, 3.8) is 0 Å². The number of fused-ring (bicyclic) bond motifs is 4. The summed E-state index contributed by atoms with van der Waals surface area (Å²) in [5.41, 5.74) is 6.01. The van der Waals surface area contributed by atoms with E-state index in [0.29, 0.717) is 28.1 Å². The molecule has 1 aromatic heterocycles. The van der Waals surface area contributed by atoms with E-state index in [9.17, 15) is 43.9 Å². The number of rotatable bonds is 11. The van der Waals surface area contributed by atoms with Gasteiger partial charge in [-0.05, 0) is 140 Å². The smallest absolute Gasteiger partial charge is 0.385 e. The van der Waals surface area contributed by atoms with E-state index in [1.807, 2.05) is 97.1 Å². The highest BCUT2D eigenvalue weighted by Gasteiger charge is 2.60. The van der Waals surface area contributed by atoms with Gasteiger partial charge < -0.3 is 13.8 Å². The van der Waals surface area contributed by atoms with E-state index in [1.54, 1.807) is 32.9 Å². The molecule has 0 amide bonds. The fraction of sp³-hybridized carbons (Fsp3) is 0.189. The van der Waals surface area contributed by atoms with Crippen LogP contribution < -0.4 is 0 Å². The first-order valence-corrected chi connectivity index (χ1v) is 21.4. The fourth-order valence-corrected chi connectivity index (χ4v) is 9.08. The zero-order valence-electron chi connectivity index (χ0n) is 36.8. The van der Waals surface area contributed by atoms with Crippen LogP contribution in [0.3, 0.4) is 0 Å². The predicted molar refractivity (Wildman–Crippen MR) is 249 cm³/mol. The normalized spacial score (nSPS) is 14.6. The van der Waals surface area contributed by atoms with Crippen molar-refractivity contribution >= 4 is 61.6 Å². The molecule has 346 valence electrons. The van der Waals surface area contributed by atoms with Gasteiger partial charge in [-0.2, -0.15) is 43.9 Å². The Labute approximate surface area is 384 Å². The summed E-state index contributed by atoms with van der Waals surface area (Å²) >= 11 is 0. The number of hydrogen-bond acceptors (Lipinski definition) is 3. The molecule has 0 bridgehead atoms. The van der Waals surface area contributed by atoms with Gasteiger partial charge in [-0.15, -0.1) is 0 Å². The van der Waals surface area contributed by atoms with Crippen molar-refractivity contribution in [3.05, 3.63) is 173 Å². The molecule has 0 unspecified atom stereocenters. The number of alkyl halides is 10.